The van der Waals surface area contributed by atoms with E-state index in [1.807, 2.05) is 41.3 Å². The average molecular weight is 434 g/mol. The number of carbonyl (C=O) groups is 1. The van der Waals surface area contributed by atoms with E-state index in [2.05, 4.69) is 45.0 Å². The molecule has 3 aromatic rings. The van der Waals surface area contributed by atoms with Crippen molar-refractivity contribution in [2.24, 2.45) is 4.99 Å². The molecule has 168 valence electrons. The fourth-order valence-corrected chi connectivity index (χ4v) is 4.11. The third-order valence-corrected chi connectivity index (χ3v) is 5.88. The van der Waals surface area contributed by atoms with Crippen LogP contribution in [0.1, 0.15) is 17.0 Å². The number of guanidine groups is 1. The molecule has 0 aliphatic carbocycles. The van der Waals surface area contributed by atoms with Crippen LogP contribution in [0.4, 0.5) is 0 Å². The number of nitrogens with zero attached hydrogens (tertiary/aromatic N) is 2. The maximum absolute atomic E-state index is 13.3. The number of hydrogen-bond acceptors (Lipinski definition) is 3. The number of aromatic amines is 1. The predicted molar refractivity (Wildman–Crippen MR) is 128 cm³/mol. The van der Waals surface area contributed by atoms with Crippen LogP contribution in [0.15, 0.2) is 65.8 Å². The average Bonchev–Trinajstić information content (AvgIpc) is 3.27. The zero-order chi connectivity index (χ0) is 22.2. The number of amides is 1. The second kappa shape index (κ2) is 10.8. The number of fused-ring (bicyclic) bond motifs is 1. The second-order valence-electron chi connectivity index (χ2n) is 7.89. The summed E-state index contributed by atoms with van der Waals surface area (Å²) in [5.41, 5.74) is 3.43. The number of para-hydroxylation sites is 1. The number of morpholine rings is 1. The van der Waals surface area contributed by atoms with Gasteiger partial charge in [0.15, 0.2) is 5.96 Å². The van der Waals surface area contributed by atoms with Crippen molar-refractivity contribution in [1.82, 2.24) is 20.5 Å². The van der Waals surface area contributed by atoms with Crippen LogP contribution < -0.4 is 10.6 Å². The first kappa shape index (κ1) is 21.9. The van der Waals surface area contributed by atoms with Crippen LogP contribution in [-0.4, -0.2) is 68.2 Å². The van der Waals surface area contributed by atoms with E-state index in [0.717, 1.165) is 24.0 Å². The van der Waals surface area contributed by atoms with Crippen molar-refractivity contribution in [3.8, 4) is 0 Å². The number of hydrogen-bond donors (Lipinski definition) is 3. The number of benzene rings is 2. The normalized spacial score (nSPS) is 15.5. The summed E-state index contributed by atoms with van der Waals surface area (Å²) in [6, 6.07) is 18.3. The minimum Gasteiger partial charge on any atom is -0.378 e. The molecule has 1 aliphatic rings. The lowest BCUT2D eigenvalue weighted by Crippen LogP contribution is -2.47. The Labute approximate surface area is 188 Å². The SMILES string of the molecule is CN=C(NCCc1c[nH]c2ccccc12)NCC(C(=O)N1CCOCC1)c1ccccc1. The molecule has 0 bridgehead atoms. The fourth-order valence-electron chi connectivity index (χ4n) is 4.11. The Bertz CT molecular complexity index is 1040. The molecule has 1 unspecified atom stereocenters. The highest BCUT2D eigenvalue weighted by molar-refractivity contribution is 5.86. The monoisotopic (exact) mass is 433 g/mol. The molecule has 4 rings (SSSR count). The zero-order valence-electron chi connectivity index (χ0n) is 18.5. The maximum atomic E-state index is 13.3. The molecule has 2 heterocycles. The van der Waals surface area contributed by atoms with Gasteiger partial charge in [0.05, 0.1) is 19.1 Å². The van der Waals surface area contributed by atoms with Crippen LogP contribution in [0, 0.1) is 0 Å². The fraction of sp³-hybridized carbons (Fsp3) is 0.360. The van der Waals surface area contributed by atoms with E-state index >= 15 is 0 Å². The molecule has 2 aromatic carbocycles. The number of ether oxygens (including phenoxy) is 1. The molecule has 7 nitrogen and oxygen atoms in total. The molecule has 7 heteroatoms. The predicted octanol–water partition coefficient (Wildman–Crippen LogP) is 2.52. The quantitative estimate of drug-likeness (QED) is 0.395. The number of H-pyrrole nitrogens is 1. The van der Waals surface area contributed by atoms with Gasteiger partial charge in [-0.25, -0.2) is 0 Å². The molecule has 1 amide bonds. The summed E-state index contributed by atoms with van der Waals surface area (Å²) in [6.07, 6.45) is 2.94. The lowest BCUT2D eigenvalue weighted by Gasteiger charge is -2.31. The van der Waals surface area contributed by atoms with Crippen LogP contribution in [-0.2, 0) is 16.0 Å². The van der Waals surface area contributed by atoms with Gasteiger partial charge >= 0.3 is 0 Å². The van der Waals surface area contributed by atoms with Crippen molar-refractivity contribution in [2.75, 3.05) is 46.4 Å². The summed E-state index contributed by atoms with van der Waals surface area (Å²) in [4.78, 5) is 22.8. The van der Waals surface area contributed by atoms with Gasteiger partial charge in [-0.1, -0.05) is 48.5 Å². The number of aromatic nitrogens is 1. The van der Waals surface area contributed by atoms with Gasteiger partial charge in [0, 0.05) is 50.3 Å². The number of rotatable bonds is 7. The molecular formula is C25H31N5O2. The smallest absolute Gasteiger partial charge is 0.232 e. The van der Waals surface area contributed by atoms with Crippen molar-refractivity contribution < 1.29 is 9.53 Å². The van der Waals surface area contributed by atoms with Gasteiger partial charge in [-0.15, -0.1) is 0 Å². The van der Waals surface area contributed by atoms with Crippen molar-refractivity contribution in [3.05, 3.63) is 71.9 Å². The minimum absolute atomic E-state index is 0.126. The van der Waals surface area contributed by atoms with Gasteiger partial charge in [0.1, 0.15) is 0 Å². The van der Waals surface area contributed by atoms with Crippen LogP contribution in [0.5, 0.6) is 0 Å². The van der Waals surface area contributed by atoms with Gasteiger partial charge in [-0.2, -0.15) is 0 Å². The van der Waals surface area contributed by atoms with E-state index in [4.69, 9.17) is 4.74 Å². The molecule has 0 saturated carbocycles. The molecular weight excluding hydrogens is 402 g/mol. The standard InChI is InChI=1S/C25H31N5O2/c1-26-25(27-12-11-20-17-28-23-10-6-5-9-21(20)23)29-18-22(19-7-3-2-4-8-19)24(31)30-13-15-32-16-14-30/h2-10,17,22,28H,11-16,18H2,1H3,(H2,26,27,29). The molecule has 1 saturated heterocycles. The van der Waals surface area contributed by atoms with Crippen LogP contribution >= 0.6 is 0 Å². The Kier molecular flexibility index (Phi) is 7.40. The Morgan fingerprint density at radius 2 is 1.84 bits per heavy atom. The number of carbonyl (C=O) groups excluding carboxylic acids is 1. The highest BCUT2D eigenvalue weighted by Gasteiger charge is 2.27. The summed E-state index contributed by atoms with van der Waals surface area (Å²) in [6.45, 7) is 3.69. The Hall–Kier alpha value is -3.32. The van der Waals surface area contributed by atoms with Gasteiger partial charge < -0.3 is 25.3 Å². The van der Waals surface area contributed by atoms with Gasteiger partial charge in [0.2, 0.25) is 5.91 Å². The topological polar surface area (TPSA) is 81.8 Å². The molecule has 1 atom stereocenters. The maximum Gasteiger partial charge on any atom is 0.232 e. The first-order chi connectivity index (χ1) is 15.8. The van der Waals surface area contributed by atoms with E-state index in [1.54, 1.807) is 7.05 Å². The Balaban J connectivity index is 1.36. The molecule has 1 aliphatic heterocycles. The first-order valence-corrected chi connectivity index (χ1v) is 11.2. The molecule has 1 aromatic heterocycles. The van der Waals surface area contributed by atoms with Gasteiger partial charge in [-0.3, -0.25) is 9.79 Å². The Morgan fingerprint density at radius 1 is 1.09 bits per heavy atom. The van der Waals surface area contributed by atoms with E-state index in [9.17, 15) is 4.79 Å². The first-order valence-electron chi connectivity index (χ1n) is 11.2. The van der Waals surface area contributed by atoms with Crippen molar-refractivity contribution in [3.63, 3.8) is 0 Å². The van der Waals surface area contributed by atoms with E-state index in [-0.39, 0.29) is 11.8 Å². The Morgan fingerprint density at radius 3 is 2.62 bits per heavy atom. The number of aliphatic imine (C=N–C) groups is 1. The molecule has 1 fully saturated rings. The molecule has 3 N–H and O–H groups in total. The lowest BCUT2D eigenvalue weighted by molar-refractivity contribution is -0.136. The summed E-state index contributed by atoms with van der Waals surface area (Å²) < 4.78 is 5.41. The highest BCUT2D eigenvalue weighted by atomic mass is 16.5. The van der Waals surface area contributed by atoms with Gasteiger partial charge in [0.25, 0.3) is 0 Å². The van der Waals surface area contributed by atoms with E-state index in [0.29, 0.717) is 38.8 Å². The number of nitrogens with one attached hydrogen (secondary N) is 3. The van der Waals surface area contributed by atoms with Crippen molar-refractivity contribution in [2.45, 2.75) is 12.3 Å². The summed E-state index contributed by atoms with van der Waals surface area (Å²) in [7, 11) is 1.75. The van der Waals surface area contributed by atoms with Crippen LogP contribution in [0.25, 0.3) is 10.9 Å². The lowest BCUT2D eigenvalue weighted by atomic mass is 9.97. The van der Waals surface area contributed by atoms with E-state index in [1.165, 1.54) is 10.9 Å². The summed E-state index contributed by atoms with van der Waals surface area (Å²) in [5.74, 6) is 0.545. The van der Waals surface area contributed by atoms with Crippen LogP contribution in [0.3, 0.4) is 0 Å². The third kappa shape index (κ3) is 5.29. The van der Waals surface area contributed by atoms with Crippen LogP contribution in [0.2, 0.25) is 0 Å². The third-order valence-electron chi connectivity index (χ3n) is 5.88. The van der Waals surface area contributed by atoms with E-state index < -0.39 is 0 Å². The summed E-state index contributed by atoms with van der Waals surface area (Å²) >= 11 is 0. The van der Waals surface area contributed by atoms with Crippen molar-refractivity contribution >= 4 is 22.8 Å². The molecule has 32 heavy (non-hydrogen) atoms. The van der Waals surface area contributed by atoms with Crippen molar-refractivity contribution in [1.29, 1.82) is 0 Å². The zero-order valence-corrected chi connectivity index (χ0v) is 18.5. The second-order valence-corrected chi connectivity index (χ2v) is 7.89. The molecule has 0 radical (unpaired) electrons. The minimum atomic E-state index is -0.276. The highest BCUT2D eigenvalue weighted by Crippen LogP contribution is 2.19. The molecule has 0 spiro atoms. The van der Waals surface area contributed by atoms with Gasteiger partial charge in [-0.05, 0) is 23.6 Å². The largest absolute Gasteiger partial charge is 0.378 e. The summed E-state index contributed by atoms with van der Waals surface area (Å²) in [5, 5.41) is 7.98.